The SMILES string of the molecule is O=S(=O)(Nc1ccc2c(c1)OCO2)c1cn[nH]c1. The molecule has 0 fully saturated rings. The van der Waals surface area contributed by atoms with Crippen LogP contribution in [0.3, 0.4) is 0 Å². The first-order valence-electron chi connectivity index (χ1n) is 5.06. The normalized spacial score (nSPS) is 13.6. The van der Waals surface area contributed by atoms with Gasteiger partial charge in [-0.1, -0.05) is 0 Å². The van der Waals surface area contributed by atoms with Crippen molar-refractivity contribution in [2.24, 2.45) is 0 Å². The Kier molecular flexibility index (Phi) is 2.37. The maximum absolute atomic E-state index is 11.9. The highest BCUT2D eigenvalue weighted by Gasteiger charge is 2.18. The molecule has 3 rings (SSSR count). The number of nitrogens with one attached hydrogen (secondary N) is 2. The molecule has 2 heterocycles. The van der Waals surface area contributed by atoms with Gasteiger partial charge in [-0.25, -0.2) is 8.42 Å². The molecular weight excluding hydrogens is 258 g/mol. The molecule has 0 radical (unpaired) electrons. The van der Waals surface area contributed by atoms with Crippen LogP contribution in [0.4, 0.5) is 5.69 Å². The Labute approximate surface area is 103 Å². The Hall–Kier alpha value is -2.22. The van der Waals surface area contributed by atoms with E-state index in [-0.39, 0.29) is 11.7 Å². The molecule has 0 aliphatic carbocycles. The molecule has 1 aromatic heterocycles. The zero-order valence-electron chi connectivity index (χ0n) is 9.08. The van der Waals surface area contributed by atoms with Crippen LogP contribution in [0.2, 0.25) is 0 Å². The minimum Gasteiger partial charge on any atom is -0.454 e. The van der Waals surface area contributed by atoms with Gasteiger partial charge in [-0.2, -0.15) is 5.10 Å². The van der Waals surface area contributed by atoms with E-state index in [0.29, 0.717) is 17.2 Å². The van der Waals surface area contributed by atoms with Gasteiger partial charge in [-0.3, -0.25) is 9.82 Å². The third-order valence-electron chi connectivity index (χ3n) is 2.41. The van der Waals surface area contributed by atoms with Gasteiger partial charge in [0.25, 0.3) is 10.0 Å². The van der Waals surface area contributed by atoms with Crippen molar-refractivity contribution in [2.45, 2.75) is 4.90 Å². The van der Waals surface area contributed by atoms with E-state index in [1.54, 1.807) is 18.2 Å². The second-order valence-corrected chi connectivity index (χ2v) is 5.29. The summed E-state index contributed by atoms with van der Waals surface area (Å²) in [6.45, 7) is 0.146. The van der Waals surface area contributed by atoms with Gasteiger partial charge in [0.15, 0.2) is 11.5 Å². The summed E-state index contributed by atoms with van der Waals surface area (Å²) in [6, 6.07) is 4.82. The molecular formula is C10H9N3O4S. The maximum Gasteiger partial charge on any atom is 0.265 e. The van der Waals surface area contributed by atoms with Crippen molar-refractivity contribution in [1.29, 1.82) is 0 Å². The Bertz CT molecular complexity index is 666. The number of nitrogens with zero attached hydrogens (tertiary/aromatic N) is 1. The van der Waals surface area contributed by atoms with Crippen molar-refractivity contribution in [3.05, 3.63) is 30.6 Å². The van der Waals surface area contributed by atoms with Gasteiger partial charge in [-0.15, -0.1) is 0 Å². The lowest BCUT2D eigenvalue weighted by Crippen LogP contribution is -2.12. The van der Waals surface area contributed by atoms with Gasteiger partial charge in [0.1, 0.15) is 4.90 Å². The number of H-pyrrole nitrogens is 1. The number of rotatable bonds is 3. The molecule has 1 aliphatic rings. The molecule has 2 aromatic rings. The minimum atomic E-state index is -3.63. The van der Waals surface area contributed by atoms with E-state index >= 15 is 0 Å². The van der Waals surface area contributed by atoms with Crippen molar-refractivity contribution in [1.82, 2.24) is 10.2 Å². The Morgan fingerprint density at radius 3 is 2.89 bits per heavy atom. The highest BCUT2D eigenvalue weighted by Crippen LogP contribution is 2.34. The number of benzene rings is 1. The molecule has 2 N–H and O–H groups in total. The van der Waals surface area contributed by atoms with Crippen molar-refractivity contribution >= 4 is 15.7 Å². The fourth-order valence-electron chi connectivity index (χ4n) is 1.56. The number of hydrogen-bond donors (Lipinski definition) is 2. The first-order valence-corrected chi connectivity index (χ1v) is 6.55. The molecule has 0 atom stereocenters. The van der Waals surface area contributed by atoms with Crippen LogP contribution >= 0.6 is 0 Å². The largest absolute Gasteiger partial charge is 0.454 e. The molecule has 8 heteroatoms. The fraction of sp³-hybridized carbons (Fsp3) is 0.100. The lowest BCUT2D eigenvalue weighted by molar-refractivity contribution is 0.174. The van der Waals surface area contributed by atoms with Crippen LogP contribution < -0.4 is 14.2 Å². The van der Waals surface area contributed by atoms with E-state index in [9.17, 15) is 8.42 Å². The van der Waals surface area contributed by atoms with E-state index < -0.39 is 10.0 Å². The van der Waals surface area contributed by atoms with Gasteiger partial charge < -0.3 is 9.47 Å². The van der Waals surface area contributed by atoms with Gasteiger partial charge in [0.05, 0.1) is 11.9 Å². The number of sulfonamides is 1. The van der Waals surface area contributed by atoms with Gasteiger partial charge in [0, 0.05) is 12.3 Å². The molecule has 0 saturated heterocycles. The summed E-state index contributed by atoms with van der Waals surface area (Å²) in [5, 5.41) is 6.05. The molecule has 0 unspecified atom stereocenters. The van der Waals surface area contributed by atoms with Crippen molar-refractivity contribution in [2.75, 3.05) is 11.5 Å². The van der Waals surface area contributed by atoms with Crippen LogP contribution in [-0.2, 0) is 10.0 Å². The number of aromatic nitrogens is 2. The summed E-state index contributed by atoms with van der Waals surface area (Å²) in [6.07, 6.45) is 2.53. The number of ether oxygens (including phenoxy) is 2. The topological polar surface area (TPSA) is 93.3 Å². The van der Waals surface area contributed by atoms with Crippen LogP contribution in [-0.4, -0.2) is 25.4 Å². The molecule has 0 spiro atoms. The van der Waals surface area contributed by atoms with E-state index in [1.165, 1.54) is 12.4 Å². The monoisotopic (exact) mass is 267 g/mol. The molecule has 0 amide bonds. The summed E-state index contributed by atoms with van der Waals surface area (Å²) < 4.78 is 36.6. The Morgan fingerprint density at radius 2 is 2.11 bits per heavy atom. The first-order chi connectivity index (χ1) is 8.65. The van der Waals surface area contributed by atoms with Crippen molar-refractivity contribution in [3.63, 3.8) is 0 Å². The summed E-state index contributed by atoms with van der Waals surface area (Å²) in [4.78, 5) is 0.0696. The lowest BCUT2D eigenvalue weighted by Gasteiger charge is -2.06. The van der Waals surface area contributed by atoms with Gasteiger partial charge in [0.2, 0.25) is 6.79 Å². The van der Waals surface area contributed by atoms with E-state index in [4.69, 9.17) is 9.47 Å². The predicted octanol–water partition coefficient (Wildman–Crippen LogP) is 0.939. The quantitative estimate of drug-likeness (QED) is 0.863. The van der Waals surface area contributed by atoms with Crippen LogP contribution in [0.25, 0.3) is 0 Å². The Morgan fingerprint density at radius 1 is 1.28 bits per heavy atom. The number of anilines is 1. The van der Waals surface area contributed by atoms with E-state index in [2.05, 4.69) is 14.9 Å². The van der Waals surface area contributed by atoms with Crippen LogP contribution in [0.1, 0.15) is 0 Å². The zero-order chi connectivity index (χ0) is 12.6. The predicted molar refractivity (Wildman–Crippen MR) is 62.0 cm³/mol. The average molecular weight is 267 g/mol. The van der Waals surface area contributed by atoms with E-state index in [0.717, 1.165) is 0 Å². The maximum atomic E-state index is 11.9. The molecule has 7 nitrogen and oxygen atoms in total. The summed E-state index contributed by atoms with van der Waals surface area (Å²) in [5.41, 5.74) is 0.403. The summed E-state index contributed by atoms with van der Waals surface area (Å²) >= 11 is 0. The van der Waals surface area contributed by atoms with Crippen LogP contribution in [0, 0.1) is 0 Å². The van der Waals surface area contributed by atoms with Crippen LogP contribution in [0.15, 0.2) is 35.5 Å². The smallest absolute Gasteiger partial charge is 0.265 e. The standard InChI is InChI=1S/C10H9N3O4S/c14-18(15,8-4-11-12-5-8)13-7-1-2-9-10(3-7)17-6-16-9/h1-5,13H,6H2,(H,11,12). The number of aromatic amines is 1. The van der Waals surface area contributed by atoms with Crippen molar-refractivity contribution < 1.29 is 17.9 Å². The van der Waals surface area contributed by atoms with E-state index in [1.807, 2.05) is 0 Å². The van der Waals surface area contributed by atoms with Gasteiger partial charge >= 0.3 is 0 Å². The third kappa shape index (κ3) is 1.86. The highest BCUT2D eigenvalue weighted by molar-refractivity contribution is 7.92. The van der Waals surface area contributed by atoms with Crippen LogP contribution in [0.5, 0.6) is 11.5 Å². The number of fused-ring (bicyclic) bond motifs is 1. The molecule has 94 valence electrons. The molecule has 0 bridgehead atoms. The zero-order valence-corrected chi connectivity index (χ0v) is 9.90. The molecule has 1 aliphatic heterocycles. The lowest BCUT2D eigenvalue weighted by atomic mass is 10.3. The molecule has 18 heavy (non-hydrogen) atoms. The van der Waals surface area contributed by atoms with Gasteiger partial charge in [-0.05, 0) is 12.1 Å². The Balaban J connectivity index is 1.89. The van der Waals surface area contributed by atoms with Crippen molar-refractivity contribution in [3.8, 4) is 11.5 Å². The number of hydrogen-bond acceptors (Lipinski definition) is 5. The second-order valence-electron chi connectivity index (χ2n) is 3.61. The summed E-state index contributed by atoms with van der Waals surface area (Å²) in [5.74, 6) is 1.11. The average Bonchev–Trinajstić information content (AvgIpc) is 2.99. The molecule has 1 aromatic carbocycles. The minimum absolute atomic E-state index is 0.0696. The highest BCUT2D eigenvalue weighted by atomic mass is 32.2. The summed E-state index contributed by atoms with van der Waals surface area (Å²) in [7, 11) is -3.63. The molecule has 0 saturated carbocycles. The second kappa shape index (κ2) is 3.91. The first kappa shape index (κ1) is 10.9. The third-order valence-corrected chi connectivity index (χ3v) is 3.76. The fourth-order valence-corrected chi connectivity index (χ4v) is 2.51.